The van der Waals surface area contributed by atoms with Gasteiger partial charge in [-0.15, -0.1) is 0 Å². The van der Waals surface area contributed by atoms with E-state index in [1.54, 1.807) is 6.92 Å². The molecule has 7 heteroatoms. The lowest BCUT2D eigenvalue weighted by atomic mass is 10.0. The highest BCUT2D eigenvalue weighted by Crippen LogP contribution is 2.25. The van der Waals surface area contributed by atoms with Crippen molar-refractivity contribution in [3.8, 4) is 0 Å². The number of nitrogens with zero attached hydrogens (tertiary/aromatic N) is 2. The topological polar surface area (TPSA) is 76.6 Å². The molecule has 1 saturated heterocycles. The lowest BCUT2D eigenvalue weighted by Gasteiger charge is -2.27. The van der Waals surface area contributed by atoms with Gasteiger partial charge in [-0.25, -0.2) is 13.2 Å². The normalized spacial score (nSPS) is 17.5. The molecule has 0 unspecified atom stereocenters. The van der Waals surface area contributed by atoms with Crippen LogP contribution in [0, 0.1) is 6.92 Å². The number of esters is 1. The largest absolute Gasteiger partial charge is 0.462 e. The first-order chi connectivity index (χ1) is 11.9. The number of fused-ring (bicyclic) bond motifs is 1. The van der Waals surface area contributed by atoms with Crippen molar-refractivity contribution in [2.24, 2.45) is 0 Å². The molecule has 1 aliphatic rings. The van der Waals surface area contributed by atoms with Crippen LogP contribution in [0.2, 0.25) is 0 Å². The maximum Gasteiger partial charge on any atom is 0.340 e. The molecule has 0 bridgehead atoms. The summed E-state index contributed by atoms with van der Waals surface area (Å²) in [5, 5.41) is 0.926. The minimum Gasteiger partial charge on any atom is -0.462 e. The van der Waals surface area contributed by atoms with Gasteiger partial charge in [0, 0.05) is 25.0 Å². The molecule has 0 atom stereocenters. The lowest BCUT2D eigenvalue weighted by molar-refractivity contribution is 0.0522. The number of ether oxygens (including phenoxy) is 1. The van der Waals surface area contributed by atoms with Crippen LogP contribution in [-0.4, -0.2) is 55.5 Å². The van der Waals surface area contributed by atoms with Gasteiger partial charge in [0.25, 0.3) is 0 Å². The van der Waals surface area contributed by atoms with Crippen LogP contribution in [0.4, 0.5) is 0 Å². The Balaban J connectivity index is 2.00. The van der Waals surface area contributed by atoms with Crippen LogP contribution >= 0.6 is 0 Å². The minimum absolute atomic E-state index is 0.147. The number of aromatic nitrogens is 1. The van der Waals surface area contributed by atoms with Crippen LogP contribution in [0.15, 0.2) is 24.3 Å². The number of sulfone groups is 1. The Morgan fingerprint density at radius 3 is 2.60 bits per heavy atom. The summed E-state index contributed by atoms with van der Waals surface area (Å²) in [5.41, 5.74) is 2.82. The second-order valence-electron chi connectivity index (χ2n) is 6.22. The Bertz CT molecular complexity index is 895. The van der Waals surface area contributed by atoms with Gasteiger partial charge in [0.2, 0.25) is 0 Å². The number of hydrogen-bond acceptors (Lipinski definition) is 6. The molecule has 6 nitrogen and oxygen atoms in total. The molecular weight excluding hydrogens is 340 g/mol. The van der Waals surface area contributed by atoms with E-state index in [0.717, 1.165) is 16.5 Å². The van der Waals surface area contributed by atoms with Gasteiger partial charge in [0.1, 0.15) is 0 Å². The summed E-state index contributed by atoms with van der Waals surface area (Å²) in [6.45, 7) is 5.33. The summed E-state index contributed by atoms with van der Waals surface area (Å²) in [7, 11) is -2.94. The van der Waals surface area contributed by atoms with Gasteiger partial charge in [0.15, 0.2) is 9.84 Å². The summed E-state index contributed by atoms with van der Waals surface area (Å²) in [6.07, 6.45) is 0. The van der Waals surface area contributed by atoms with Crippen molar-refractivity contribution in [3.05, 3.63) is 41.1 Å². The van der Waals surface area contributed by atoms with Crippen LogP contribution in [0.25, 0.3) is 10.9 Å². The van der Waals surface area contributed by atoms with E-state index in [1.807, 2.05) is 36.1 Å². The van der Waals surface area contributed by atoms with Crippen LogP contribution in [0.5, 0.6) is 0 Å². The predicted molar refractivity (Wildman–Crippen MR) is 96.4 cm³/mol. The number of carbonyl (C=O) groups excluding carboxylic acids is 1. The van der Waals surface area contributed by atoms with E-state index in [-0.39, 0.29) is 17.5 Å². The number of hydrogen-bond donors (Lipinski definition) is 0. The fourth-order valence-electron chi connectivity index (χ4n) is 3.15. The Morgan fingerprint density at radius 1 is 1.24 bits per heavy atom. The molecule has 0 amide bonds. The van der Waals surface area contributed by atoms with E-state index in [9.17, 15) is 13.2 Å². The molecule has 0 N–H and O–H groups in total. The highest BCUT2D eigenvalue weighted by molar-refractivity contribution is 7.91. The number of carbonyl (C=O) groups is 1. The highest BCUT2D eigenvalue weighted by Gasteiger charge is 2.25. The van der Waals surface area contributed by atoms with Gasteiger partial charge >= 0.3 is 5.97 Å². The smallest absolute Gasteiger partial charge is 0.340 e. The maximum absolute atomic E-state index is 12.5. The first-order valence-corrected chi connectivity index (χ1v) is 10.2. The molecule has 0 radical (unpaired) electrons. The molecule has 1 aliphatic heterocycles. The average Bonchev–Trinajstić information content (AvgIpc) is 2.57. The molecular formula is C18H22N2O4S. The van der Waals surface area contributed by atoms with Crippen molar-refractivity contribution in [2.75, 3.05) is 31.2 Å². The molecule has 0 saturated carbocycles. The fourth-order valence-corrected chi connectivity index (χ4v) is 4.43. The molecule has 2 aromatic rings. The number of benzene rings is 1. The van der Waals surface area contributed by atoms with Gasteiger partial charge < -0.3 is 4.74 Å². The van der Waals surface area contributed by atoms with E-state index < -0.39 is 9.84 Å². The zero-order valence-corrected chi connectivity index (χ0v) is 15.3. The van der Waals surface area contributed by atoms with Gasteiger partial charge in [-0.2, -0.15) is 0 Å². The van der Waals surface area contributed by atoms with Crippen LogP contribution in [-0.2, 0) is 21.1 Å². The van der Waals surface area contributed by atoms with E-state index in [4.69, 9.17) is 4.74 Å². The SMILES string of the molecule is CCOC(=O)c1c(CN2CCS(=O)(=O)CC2)nc2ccccc2c1C. The molecule has 3 rings (SSSR count). The Labute approximate surface area is 147 Å². The second-order valence-corrected chi connectivity index (χ2v) is 8.53. The van der Waals surface area contributed by atoms with Crippen molar-refractivity contribution >= 4 is 26.7 Å². The predicted octanol–water partition coefficient (Wildman–Crippen LogP) is 1.95. The first-order valence-electron chi connectivity index (χ1n) is 8.39. The van der Waals surface area contributed by atoms with E-state index >= 15 is 0 Å². The summed E-state index contributed by atoms with van der Waals surface area (Å²) < 4.78 is 28.5. The quantitative estimate of drug-likeness (QED) is 0.774. The van der Waals surface area contributed by atoms with Crippen LogP contribution in [0.1, 0.15) is 28.5 Å². The average molecular weight is 362 g/mol. The van der Waals surface area contributed by atoms with Gasteiger partial charge in [-0.05, 0) is 25.5 Å². The van der Waals surface area contributed by atoms with Crippen molar-refractivity contribution < 1.29 is 17.9 Å². The van der Waals surface area contributed by atoms with E-state index in [2.05, 4.69) is 4.98 Å². The molecule has 0 aliphatic carbocycles. The van der Waals surface area contributed by atoms with Gasteiger partial charge in [-0.3, -0.25) is 9.88 Å². The third-order valence-electron chi connectivity index (χ3n) is 4.52. The third-order valence-corrected chi connectivity index (χ3v) is 6.13. The van der Waals surface area contributed by atoms with Crippen molar-refractivity contribution in [1.82, 2.24) is 9.88 Å². The van der Waals surface area contributed by atoms with Crippen LogP contribution < -0.4 is 0 Å². The number of aryl methyl sites for hydroxylation is 1. The van der Waals surface area contributed by atoms with Crippen molar-refractivity contribution in [2.45, 2.75) is 20.4 Å². The molecule has 1 aromatic heterocycles. The molecule has 25 heavy (non-hydrogen) atoms. The van der Waals surface area contributed by atoms with Crippen molar-refractivity contribution in [1.29, 1.82) is 0 Å². The first kappa shape index (κ1) is 17.8. The molecule has 134 valence electrons. The number of rotatable bonds is 4. The van der Waals surface area contributed by atoms with Gasteiger partial charge in [-0.1, -0.05) is 18.2 Å². The highest BCUT2D eigenvalue weighted by atomic mass is 32.2. The zero-order valence-electron chi connectivity index (χ0n) is 14.5. The standard InChI is InChI=1S/C18H22N2O4S/c1-3-24-18(21)17-13(2)14-6-4-5-7-15(14)19-16(17)12-20-8-10-25(22,23)11-9-20/h4-7H,3,8-12H2,1-2H3. The Hall–Kier alpha value is -1.99. The molecule has 2 heterocycles. The van der Waals surface area contributed by atoms with Crippen LogP contribution in [0.3, 0.4) is 0 Å². The van der Waals surface area contributed by atoms with E-state index in [0.29, 0.717) is 37.5 Å². The zero-order chi connectivity index (χ0) is 18.0. The second kappa shape index (κ2) is 7.09. The maximum atomic E-state index is 12.5. The summed E-state index contributed by atoms with van der Waals surface area (Å²) in [5.74, 6) is -0.0827. The fraction of sp³-hybridized carbons (Fsp3) is 0.444. The Morgan fingerprint density at radius 2 is 1.92 bits per heavy atom. The molecule has 1 aromatic carbocycles. The Kier molecular flexibility index (Phi) is 5.06. The minimum atomic E-state index is -2.94. The number of para-hydroxylation sites is 1. The summed E-state index contributed by atoms with van der Waals surface area (Å²) >= 11 is 0. The summed E-state index contributed by atoms with van der Waals surface area (Å²) in [4.78, 5) is 19.2. The summed E-state index contributed by atoms with van der Waals surface area (Å²) in [6, 6.07) is 7.69. The lowest BCUT2D eigenvalue weighted by Crippen LogP contribution is -2.40. The molecule has 0 spiro atoms. The molecule has 1 fully saturated rings. The van der Waals surface area contributed by atoms with E-state index in [1.165, 1.54) is 0 Å². The number of pyridine rings is 1. The van der Waals surface area contributed by atoms with Crippen molar-refractivity contribution in [3.63, 3.8) is 0 Å². The third kappa shape index (κ3) is 3.82. The monoisotopic (exact) mass is 362 g/mol. The van der Waals surface area contributed by atoms with Gasteiger partial charge in [0.05, 0.1) is 34.9 Å².